The van der Waals surface area contributed by atoms with Gasteiger partial charge in [0.05, 0.1) is 12.4 Å². The van der Waals surface area contributed by atoms with E-state index in [1.54, 1.807) is 6.92 Å². The minimum atomic E-state index is -4.69. The van der Waals surface area contributed by atoms with Gasteiger partial charge in [-0.15, -0.1) is 0 Å². The standard InChI is InChI=1S/C20H30F3NO2.C3H8O3S/c1-2-3-4-5-6-7-8-9-10-11-16-26-18-14-12-17(13-15-18)19(24-25)20(21,22)23;1-2-3-7(4,5)6/h12-15,25H,2-11,16H2,1H3;2-3H2,1H3,(H,4,5,6). The molecule has 0 atom stereocenters. The van der Waals surface area contributed by atoms with Crippen molar-refractivity contribution in [3.8, 4) is 5.75 Å². The summed E-state index contributed by atoms with van der Waals surface area (Å²) in [6, 6.07) is 5.41. The van der Waals surface area contributed by atoms with Crippen LogP contribution in [-0.4, -0.2) is 42.4 Å². The molecule has 6 nitrogen and oxygen atoms in total. The number of nitrogens with zero attached hydrogens (tertiary/aromatic N) is 1. The Kier molecular flexibility index (Phi) is 16.7. The molecule has 1 aromatic rings. The molecule has 0 heterocycles. The van der Waals surface area contributed by atoms with E-state index in [0.717, 1.165) is 12.8 Å². The smallest absolute Gasteiger partial charge is 0.437 e. The zero-order valence-electron chi connectivity index (χ0n) is 19.6. The van der Waals surface area contributed by atoms with E-state index in [-0.39, 0.29) is 11.3 Å². The molecule has 192 valence electrons. The predicted octanol–water partition coefficient (Wildman–Crippen LogP) is 7.01. The van der Waals surface area contributed by atoms with Gasteiger partial charge in [-0.05, 0) is 37.1 Å². The molecule has 2 N–H and O–H groups in total. The second-order valence-electron chi connectivity index (χ2n) is 7.79. The van der Waals surface area contributed by atoms with Crippen molar-refractivity contribution >= 4 is 15.8 Å². The van der Waals surface area contributed by atoms with E-state index in [9.17, 15) is 21.6 Å². The van der Waals surface area contributed by atoms with Gasteiger partial charge in [-0.2, -0.15) is 21.6 Å². The molecule has 10 heteroatoms. The lowest BCUT2D eigenvalue weighted by molar-refractivity contribution is -0.0601. The van der Waals surface area contributed by atoms with Gasteiger partial charge < -0.3 is 9.94 Å². The fourth-order valence-corrected chi connectivity index (χ4v) is 3.54. The van der Waals surface area contributed by atoms with Crippen molar-refractivity contribution in [2.45, 2.75) is 90.7 Å². The summed E-state index contributed by atoms with van der Waals surface area (Å²) in [5, 5.41) is 10.9. The molecule has 0 bridgehead atoms. The third-order valence-electron chi connectivity index (χ3n) is 4.72. The molecule has 0 aromatic heterocycles. The fraction of sp³-hybridized carbons (Fsp3) is 0.696. The summed E-state index contributed by atoms with van der Waals surface area (Å²) in [5.74, 6) is 0.386. The largest absolute Gasteiger partial charge is 0.494 e. The molecule has 1 aromatic carbocycles. The highest BCUT2D eigenvalue weighted by Crippen LogP contribution is 2.24. The number of benzene rings is 1. The highest BCUT2D eigenvalue weighted by molar-refractivity contribution is 7.85. The summed E-state index contributed by atoms with van der Waals surface area (Å²) >= 11 is 0. The van der Waals surface area contributed by atoms with Crippen molar-refractivity contribution < 1.29 is 36.1 Å². The maximum atomic E-state index is 12.6. The molecule has 0 aliphatic heterocycles. The first-order valence-electron chi connectivity index (χ1n) is 11.5. The van der Waals surface area contributed by atoms with Crippen LogP contribution < -0.4 is 4.74 Å². The Hall–Kier alpha value is -1.81. The lowest BCUT2D eigenvalue weighted by atomic mass is 10.1. The van der Waals surface area contributed by atoms with Crippen molar-refractivity contribution in [2.75, 3.05) is 12.4 Å². The highest BCUT2D eigenvalue weighted by atomic mass is 32.2. The van der Waals surface area contributed by atoms with Crippen LogP contribution in [0.25, 0.3) is 0 Å². The van der Waals surface area contributed by atoms with Gasteiger partial charge in [0.2, 0.25) is 0 Å². The van der Waals surface area contributed by atoms with Crippen LogP contribution in [0.15, 0.2) is 29.4 Å². The van der Waals surface area contributed by atoms with Crippen LogP contribution in [0, 0.1) is 0 Å². The van der Waals surface area contributed by atoms with E-state index in [1.165, 1.54) is 75.6 Å². The second kappa shape index (κ2) is 17.6. The lowest BCUT2D eigenvalue weighted by Gasteiger charge is -2.10. The van der Waals surface area contributed by atoms with Crippen LogP contribution in [0.1, 0.15) is 90.0 Å². The average Bonchev–Trinajstić information content (AvgIpc) is 2.72. The molecule has 0 saturated heterocycles. The van der Waals surface area contributed by atoms with Gasteiger partial charge in [0, 0.05) is 5.56 Å². The number of oxime groups is 1. The van der Waals surface area contributed by atoms with Crippen molar-refractivity contribution in [1.29, 1.82) is 0 Å². The topological polar surface area (TPSA) is 96.2 Å². The number of alkyl halides is 3. The molecular formula is C23H38F3NO5S. The van der Waals surface area contributed by atoms with Gasteiger partial charge in [-0.1, -0.05) is 76.8 Å². The molecule has 0 unspecified atom stereocenters. The predicted molar refractivity (Wildman–Crippen MR) is 125 cm³/mol. The first-order valence-corrected chi connectivity index (χ1v) is 13.1. The number of ether oxygens (including phenoxy) is 1. The zero-order valence-corrected chi connectivity index (χ0v) is 20.4. The third-order valence-corrected chi connectivity index (χ3v) is 5.65. The Morgan fingerprint density at radius 3 is 1.73 bits per heavy atom. The van der Waals surface area contributed by atoms with Gasteiger partial charge >= 0.3 is 6.18 Å². The summed E-state index contributed by atoms with van der Waals surface area (Å²) in [7, 11) is -3.67. The van der Waals surface area contributed by atoms with Crippen LogP contribution >= 0.6 is 0 Å². The first kappa shape index (κ1) is 31.2. The van der Waals surface area contributed by atoms with E-state index >= 15 is 0 Å². The van der Waals surface area contributed by atoms with Crippen LogP contribution in [0.5, 0.6) is 5.75 Å². The molecule has 0 saturated carbocycles. The van der Waals surface area contributed by atoms with E-state index in [2.05, 4.69) is 12.1 Å². The molecule has 0 aliphatic rings. The number of hydrogen-bond donors (Lipinski definition) is 2. The van der Waals surface area contributed by atoms with Gasteiger partial charge in [0.15, 0.2) is 5.71 Å². The summed E-state index contributed by atoms with van der Waals surface area (Å²) in [6.07, 6.45) is 8.17. The average molecular weight is 498 g/mol. The van der Waals surface area contributed by atoms with Crippen molar-refractivity contribution in [3.63, 3.8) is 0 Å². The molecule has 0 fully saturated rings. The maximum absolute atomic E-state index is 12.6. The molecule has 0 amide bonds. The van der Waals surface area contributed by atoms with Crippen molar-refractivity contribution in [2.24, 2.45) is 5.16 Å². The Balaban J connectivity index is 0.00000126. The number of rotatable bonds is 15. The summed E-state index contributed by atoms with van der Waals surface area (Å²) < 4.78 is 71.0. The van der Waals surface area contributed by atoms with Crippen molar-refractivity contribution in [1.82, 2.24) is 0 Å². The van der Waals surface area contributed by atoms with Gasteiger partial charge in [-0.3, -0.25) is 4.55 Å². The number of unbranched alkanes of at least 4 members (excludes halogenated alkanes) is 9. The second-order valence-corrected chi connectivity index (χ2v) is 9.36. The van der Waals surface area contributed by atoms with Crippen LogP contribution in [0.3, 0.4) is 0 Å². The van der Waals surface area contributed by atoms with Crippen LogP contribution in [0.4, 0.5) is 13.2 Å². The van der Waals surface area contributed by atoms with E-state index in [4.69, 9.17) is 14.5 Å². The van der Waals surface area contributed by atoms with Crippen molar-refractivity contribution in [3.05, 3.63) is 29.8 Å². The highest BCUT2D eigenvalue weighted by Gasteiger charge is 2.37. The van der Waals surface area contributed by atoms with Crippen LogP contribution in [-0.2, 0) is 10.1 Å². The minimum absolute atomic E-state index is 0.132. The first-order chi connectivity index (χ1) is 15.5. The Bertz CT molecular complexity index is 750. The monoisotopic (exact) mass is 497 g/mol. The molecule has 33 heavy (non-hydrogen) atoms. The Morgan fingerprint density at radius 2 is 1.36 bits per heavy atom. The molecule has 1 rings (SSSR count). The summed E-state index contributed by atoms with van der Waals surface area (Å²) in [6.45, 7) is 4.46. The van der Waals surface area contributed by atoms with Gasteiger partial charge in [0.25, 0.3) is 10.1 Å². The molecule has 0 aliphatic carbocycles. The third kappa shape index (κ3) is 17.3. The van der Waals surface area contributed by atoms with Gasteiger partial charge in [0.1, 0.15) is 5.75 Å². The SMILES string of the molecule is CCCCCCCCCCCCOc1ccc(C(=NO)C(F)(F)F)cc1.CCCS(=O)(=O)O. The van der Waals surface area contributed by atoms with E-state index in [0.29, 0.717) is 18.8 Å². The summed E-state index contributed by atoms with van der Waals surface area (Å²) in [4.78, 5) is 0. The van der Waals surface area contributed by atoms with Crippen LogP contribution in [0.2, 0.25) is 0 Å². The van der Waals surface area contributed by atoms with E-state index in [1.807, 2.05) is 0 Å². The minimum Gasteiger partial charge on any atom is -0.494 e. The lowest BCUT2D eigenvalue weighted by Crippen LogP contribution is -2.23. The quantitative estimate of drug-likeness (QED) is 0.0893. The molecule has 0 spiro atoms. The number of hydrogen-bond acceptors (Lipinski definition) is 5. The van der Waals surface area contributed by atoms with Gasteiger partial charge in [-0.25, -0.2) is 0 Å². The number of halogens is 3. The molecular weight excluding hydrogens is 459 g/mol. The normalized spacial score (nSPS) is 12.2. The summed E-state index contributed by atoms with van der Waals surface area (Å²) in [5.41, 5.74) is -1.50. The molecule has 0 radical (unpaired) electrons. The van der Waals surface area contributed by atoms with E-state index < -0.39 is 22.0 Å². The fourth-order valence-electron chi connectivity index (χ4n) is 3.02. The zero-order chi connectivity index (χ0) is 25.2. The Morgan fingerprint density at radius 1 is 0.879 bits per heavy atom. The maximum Gasteiger partial charge on any atom is 0.437 e. The Labute approximate surface area is 196 Å².